The molecule has 0 rings (SSSR count). The second-order valence-electron chi connectivity index (χ2n) is 13.1. The molecule has 0 aliphatic rings. The molecule has 58 heavy (non-hydrogen) atoms. The maximum Gasteiger partial charge on any atom is 0.308 e. The Morgan fingerprint density at radius 3 is 0.879 bits per heavy atom. The van der Waals surface area contributed by atoms with Gasteiger partial charge < -0.3 is 85.6 Å². The molecule has 1 N–H and O–H groups in total. The molecule has 0 aromatic rings. The van der Waals surface area contributed by atoms with Crippen LogP contribution in [0.5, 0.6) is 0 Å². The van der Waals surface area contributed by atoms with Crippen LogP contribution in [0.25, 0.3) is 0 Å². The van der Waals surface area contributed by atoms with Crippen molar-refractivity contribution in [1.29, 1.82) is 0 Å². The Balaban J connectivity index is 5.03. The molecular formula is C39H78O19. The summed E-state index contributed by atoms with van der Waals surface area (Å²) in [5.41, 5.74) is -0.780. The summed E-state index contributed by atoms with van der Waals surface area (Å²) in [5.74, 6) is -0.704. The van der Waals surface area contributed by atoms with E-state index in [0.29, 0.717) is 159 Å². The summed E-state index contributed by atoms with van der Waals surface area (Å²) < 4.78 is 93.9. The number of hydrogen-bond acceptors (Lipinski definition) is 19. The van der Waals surface area contributed by atoms with Crippen molar-refractivity contribution in [2.75, 3.05) is 220 Å². The molecule has 0 saturated heterocycles. The summed E-state index contributed by atoms with van der Waals surface area (Å²) in [7, 11) is 4.88. The quantitative estimate of drug-likeness (QED) is 0.0663. The van der Waals surface area contributed by atoms with Crippen molar-refractivity contribution in [2.24, 2.45) is 11.3 Å². The van der Waals surface area contributed by atoms with Crippen LogP contribution in [-0.4, -0.2) is 237 Å². The third-order valence-electron chi connectivity index (χ3n) is 7.48. The third-order valence-corrected chi connectivity index (χ3v) is 7.48. The van der Waals surface area contributed by atoms with E-state index < -0.39 is 17.5 Å². The Bertz CT molecular complexity index is 754. The van der Waals surface area contributed by atoms with E-state index in [4.69, 9.17) is 80.5 Å². The van der Waals surface area contributed by atoms with Crippen molar-refractivity contribution in [3.63, 3.8) is 0 Å². The van der Waals surface area contributed by atoms with Gasteiger partial charge in [0.05, 0.1) is 203 Å². The Labute approximate surface area is 346 Å². The first kappa shape index (κ1) is 56.8. The molecule has 1 atom stereocenters. The van der Waals surface area contributed by atoms with Gasteiger partial charge in [0.15, 0.2) is 0 Å². The van der Waals surface area contributed by atoms with Crippen molar-refractivity contribution in [3.05, 3.63) is 0 Å². The molecule has 0 aliphatic heterocycles. The first-order valence-electron chi connectivity index (χ1n) is 20.2. The smallest absolute Gasteiger partial charge is 0.308 e. The summed E-state index contributed by atoms with van der Waals surface area (Å²) in [5, 5.41) is 10.5. The van der Waals surface area contributed by atoms with E-state index in [9.17, 15) is 9.90 Å². The molecule has 348 valence electrons. The highest BCUT2D eigenvalue weighted by Gasteiger charge is 2.33. The molecular weight excluding hydrogens is 772 g/mol. The average molecular weight is 851 g/mol. The predicted octanol–water partition coefficient (Wildman–Crippen LogP) is 0.688. The van der Waals surface area contributed by atoms with Crippen LogP contribution in [0.3, 0.4) is 0 Å². The molecule has 0 aromatic carbocycles. The van der Waals surface area contributed by atoms with E-state index >= 15 is 0 Å². The molecule has 0 amide bonds. The zero-order valence-corrected chi connectivity index (χ0v) is 36.2. The van der Waals surface area contributed by atoms with Gasteiger partial charge in [0.2, 0.25) is 0 Å². The van der Waals surface area contributed by atoms with E-state index in [1.165, 1.54) is 0 Å². The zero-order chi connectivity index (χ0) is 42.5. The Morgan fingerprint density at radius 1 is 0.379 bits per heavy atom. The van der Waals surface area contributed by atoms with Gasteiger partial charge in [-0.3, -0.25) is 4.79 Å². The van der Waals surface area contributed by atoms with Gasteiger partial charge in [-0.05, 0) is 0 Å². The minimum absolute atomic E-state index is 0.0747. The molecule has 1 unspecified atom stereocenters. The van der Waals surface area contributed by atoms with Gasteiger partial charge in [0.25, 0.3) is 0 Å². The van der Waals surface area contributed by atoms with Crippen molar-refractivity contribution < 1.29 is 90.4 Å². The van der Waals surface area contributed by atoms with Gasteiger partial charge >= 0.3 is 5.97 Å². The number of aliphatic hydroxyl groups is 1. The highest BCUT2D eigenvalue weighted by Crippen LogP contribution is 2.21. The largest absolute Gasteiger partial charge is 0.463 e. The van der Waals surface area contributed by atoms with Crippen LogP contribution in [0.15, 0.2) is 0 Å². The minimum Gasteiger partial charge on any atom is -0.463 e. The second kappa shape index (κ2) is 45.3. The summed E-state index contributed by atoms with van der Waals surface area (Å²) in [6.07, 6.45) is -1.02. The zero-order valence-electron chi connectivity index (χ0n) is 36.2. The predicted molar refractivity (Wildman–Crippen MR) is 211 cm³/mol. The summed E-state index contributed by atoms with van der Waals surface area (Å²) in [6.45, 7) is 14.4. The summed E-state index contributed by atoms with van der Waals surface area (Å²) >= 11 is 0. The first-order chi connectivity index (χ1) is 28.4. The lowest BCUT2D eigenvalue weighted by atomic mass is 9.92. The number of carbonyl (C=O) groups is 1. The maximum absolute atomic E-state index is 11.9. The van der Waals surface area contributed by atoms with E-state index in [0.717, 1.165) is 0 Å². The lowest BCUT2D eigenvalue weighted by Crippen LogP contribution is -2.43. The molecule has 0 bridgehead atoms. The van der Waals surface area contributed by atoms with Crippen molar-refractivity contribution >= 4 is 5.97 Å². The standard InChI is InChI=1S/C39H78O19/c1-36(2)38(41)58-31-37(40)30-57-35-39(32-54-27-24-51-21-18-48-15-12-45-9-6-42-3,33-55-28-25-52-22-19-49-16-13-46-10-7-43-4)34-56-29-26-53-23-20-50-17-14-47-11-8-44-5/h36-37,40H,6-35H2,1-5H3. The van der Waals surface area contributed by atoms with Crippen LogP contribution in [0.1, 0.15) is 13.8 Å². The fourth-order valence-corrected chi connectivity index (χ4v) is 4.33. The Morgan fingerprint density at radius 2 is 0.621 bits per heavy atom. The van der Waals surface area contributed by atoms with E-state index in [1.807, 2.05) is 0 Å². The first-order valence-corrected chi connectivity index (χ1v) is 20.2. The Hall–Kier alpha value is -1.21. The van der Waals surface area contributed by atoms with E-state index in [-0.39, 0.29) is 45.6 Å². The maximum atomic E-state index is 11.9. The monoisotopic (exact) mass is 851 g/mol. The highest BCUT2D eigenvalue weighted by atomic mass is 16.6. The fourth-order valence-electron chi connectivity index (χ4n) is 4.33. The topological polar surface area (TPSA) is 194 Å². The van der Waals surface area contributed by atoms with Gasteiger partial charge in [-0.2, -0.15) is 0 Å². The van der Waals surface area contributed by atoms with E-state index in [2.05, 4.69) is 0 Å². The van der Waals surface area contributed by atoms with Crippen LogP contribution in [0.4, 0.5) is 0 Å². The normalized spacial score (nSPS) is 12.5. The number of hydrogen-bond donors (Lipinski definition) is 1. The summed E-state index contributed by atoms with van der Waals surface area (Å²) in [6, 6.07) is 0. The Kier molecular flexibility index (Phi) is 44.4. The van der Waals surface area contributed by atoms with Gasteiger partial charge in [-0.15, -0.1) is 0 Å². The summed E-state index contributed by atoms with van der Waals surface area (Å²) in [4.78, 5) is 11.9. The van der Waals surface area contributed by atoms with Crippen molar-refractivity contribution in [2.45, 2.75) is 20.0 Å². The van der Waals surface area contributed by atoms with Crippen LogP contribution < -0.4 is 0 Å². The molecule has 0 radical (unpaired) electrons. The lowest BCUT2D eigenvalue weighted by molar-refractivity contribution is -0.153. The van der Waals surface area contributed by atoms with Gasteiger partial charge in [0, 0.05) is 21.3 Å². The lowest BCUT2D eigenvalue weighted by Gasteiger charge is -2.33. The molecule has 19 nitrogen and oxygen atoms in total. The van der Waals surface area contributed by atoms with Crippen LogP contribution in [0, 0.1) is 11.3 Å². The molecule has 0 aliphatic carbocycles. The van der Waals surface area contributed by atoms with Crippen LogP contribution >= 0.6 is 0 Å². The molecule has 0 spiro atoms. The molecule has 19 heteroatoms. The third kappa shape index (κ3) is 40.2. The number of rotatable bonds is 49. The number of methoxy groups -OCH3 is 3. The minimum atomic E-state index is -1.02. The van der Waals surface area contributed by atoms with Crippen LogP contribution in [-0.2, 0) is 85.3 Å². The van der Waals surface area contributed by atoms with Gasteiger partial charge in [-0.1, -0.05) is 13.8 Å². The highest BCUT2D eigenvalue weighted by molar-refractivity contribution is 5.71. The molecule has 0 heterocycles. The SMILES string of the molecule is COCCOCCOCCOCCOCC(COCCOCCOCCOCCOC)(COCCOCCOCCOCCOC)COCC(O)COC(=O)C(C)C. The average Bonchev–Trinajstić information content (AvgIpc) is 3.22. The number of aliphatic hydroxyl groups excluding tert-OH is 1. The fraction of sp³-hybridized carbons (Fsp3) is 0.974. The van der Waals surface area contributed by atoms with Crippen LogP contribution in [0.2, 0.25) is 0 Å². The van der Waals surface area contributed by atoms with Gasteiger partial charge in [0.1, 0.15) is 12.7 Å². The van der Waals surface area contributed by atoms with Crippen molar-refractivity contribution in [3.8, 4) is 0 Å². The molecule has 0 saturated carbocycles. The van der Waals surface area contributed by atoms with Crippen molar-refractivity contribution in [1.82, 2.24) is 0 Å². The molecule has 0 aromatic heterocycles. The van der Waals surface area contributed by atoms with Gasteiger partial charge in [-0.25, -0.2) is 0 Å². The number of carbonyl (C=O) groups excluding carboxylic acids is 1. The molecule has 0 fully saturated rings. The second-order valence-corrected chi connectivity index (χ2v) is 13.1. The number of ether oxygens (including phenoxy) is 17. The number of esters is 1. The van der Waals surface area contributed by atoms with E-state index in [1.54, 1.807) is 35.2 Å².